The third kappa shape index (κ3) is 2.23. The van der Waals surface area contributed by atoms with Crippen molar-refractivity contribution in [1.29, 1.82) is 0 Å². The number of benzene rings is 1. The number of aryl methyl sites for hydroxylation is 1. The monoisotopic (exact) mass is 269 g/mol. The summed E-state index contributed by atoms with van der Waals surface area (Å²) in [6, 6.07) is 11.9. The Labute approximate surface area is 119 Å². The highest BCUT2D eigenvalue weighted by molar-refractivity contribution is 6.05. The number of aromatic nitrogens is 1. The van der Waals surface area contributed by atoms with Crippen molar-refractivity contribution in [3.05, 3.63) is 53.9 Å². The van der Waals surface area contributed by atoms with Gasteiger partial charge in [0, 0.05) is 38.6 Å². The van der Waals surface area contributed by atoms with Gasteiger partial charge in [-0.15, -0.1) is 0 Å². The lowest BCUT2D eigenvalue weighted by molar-refractivity contribution is 0.0978. The molecule has 1 aromatic heterocycles. The molecule has 0 radical (unpaired) electrons. The van der Waals surface area contributed by atoms with E-state index in [0.717, 1.165) is 31.0 Å². The summed E-state index contributed by atoms with van der Waals surface area (Å²) in [6.45, 7) is 2.48. The van der Waals surface area contributed by atoms with Crippen LogP contribution in [0.3, 0.4) is 0 Å². The van der Waals surface area contributed by atoms with Gasteiger partial charge in [-0.05, 0) is 30.8 Å². The highest BCUT2D eigenvalue weighted by atomic mass is 16.2. The number of likely N-dealkylation sites (N-methyl/N-ethyl adjacent to an activating group) is 1. The maximum Gasteiger partial charge on any atom is 0.274 e. The van der Waals surface area contributed by atoms with Crippen molar-refractivity contribution >= 4 is 11.6 Å². The molecule has 0 unspecified atom stereocenters. The summed E-state index contributed by atoms with van der Waals surface area (Å²) in [4.78, 5) is 16.9. The minimum Gasteiger partial charge on any atom is -0.347 e. The SMILES string of the molecule is CN1CCN(C(=O)c2cccn2C)c2ccccc2C1. The van der Waals surface area contributed by atoms with Crippen LogP contribution in [0.1, 0.15) is 16.1 Å². The number of carbonyl (C=O) groups excluding carboxylic acids is 1. The predicted octanol–water partition coefficient (Wildman–Crippen LogP) is 2.12. The number of amides is 1. The zero-order valence-electron chi connectivity index (χ0n) is 11.9. The smallest absolute Gasteiger partial charge is 0.274 e. The number of nitrogens with zero attached hydrogens (tertiary/aromatic N) is 3. The van der Waals surface area contributed by atoms with E-state index < -0.39 is 0 Å². The lowest BCUT2D eigenvalue weighted by Crippen LogP contribution is -2.36. The molecule has 0 spiro atoms. The number of fused-ring (bicyclic) bond motifs is 1. The summed E-state index contributed by atoms with van der Waals surface area (Å²) in [5, 5.41) is 0. The molecule has 1 aliphatic heterocycles. The highest BCUT2D eigenvalue weighted by Crippen LogP contribution is 2.25. The number of rotatable bonds is 1. The highest BCUT2D eigenvalue weighted by Gasteiger charge is 2.24. The van der Waals surface area contributed by atoms with Gasteiger partial charge >= 0.3 is 0 Å². The summed E-state index contributed by atoms with van der Waals surface area (Å²) in [5.41, 5.74) is 2.96. The van der Waals surface area contributed by atoms with Gasteiger partial charge in [0.25, 0.3) is 5.91 Å². The quantitative estimate of drug-likeness (QED) is 0.793. The fourth-order valence-corrected chi connectivity index (χ4v) is 2.70. The molecule has 104 valence electrons. The third-order valence-corrected chi connectivity index (χ3v) is 3.84. The summed E-state index contributed by atoms with van der Waals surface area (Å²) in [6.07, 6.45) is 1.91. The molecule has 4 heteroatoms. The first-order valence-corrected chi connectivity index (χ1v) is 6.86. The van der Waals surface area contributed by atoms with Gasteiger partial charge in [0.1, 0.15) is 5.69 Å². The summed E-state index contributed by atoms with van der Waals surface area (Å²) < 4.78 is 1.87. The number of hydrogen-bond acceptors (Lipinski definition) is 2. The van der Waals surface area contributed by atoms with Crippen LogP contribution in [0.25, 0.3) is 0 Å². The molecule has 1 amide bonds. The zero-order valence-corrected chi connectivity index (χ0v) is 11.9. The van der Waals surface area contributed by atoms with Gasteiger partial charge in [-0.3, -0.25) is 4.79 Å². The van der Waals surface area contributed by atoms with E-state index in [0.29, 0.717) is 0 Å². The van der Waals surface area contributed by atoms with Crippen LogP contribution in [0, 0.1) is 0 Å². The van der Waals surface area contributed by atoms with Gasteiger partial charge < -0.3 is 14.4 Å². The lowest BCUT2D eigenvalue weighted by Gasteiger charge is -2.22. The Kier molecular flexibility index (Phi) is 3.32. The van der Waals surface area contributed by atoms with E-state index in [2.05, 4.69) is 18.0 Å². The Morgan fingerprint density at radius 3 is 2.60 bits per heavy atom. The first kappa shape index (κ1) is 12.9. The van der Waals surface area contributed by atoms with Crippen LogP contribution >= 0.6 is 0 Å². The third-order valence-electron chi connectivity index (χ3n) is 3.84. The average Bonchev–Trinajstić information content (AvgIpc) is 2.78. The molecule has 4 nitrogen and oxygen atoms in total. The largest absolute Gasteiger partial charge is 0.347 e. The second-order valence-corrected chi connectivity index (χ2v) is 5.33. The molecule has 0 fully saturated rings. The Bertz CT molecular complexity index is 632. The van der Waals surface area contributed by atoms with E-state index in [4.69, 9.17) is 0 Å². The topological polar surface area (TPSA) is 28.5 Å². The Balaban J connectivity index is 2.01. The standard InChI is InChI=1S/C16H19N3O/c1-17-10-11-19(14-7-4-3-6-13(14)12-17)16(20)15-8-5-9-18(15)2/h3-9H,10-12H2,1-2H3. The van der Waals surface area contributed by atoms with E-state index in [9.17, 15) is 4.79 Å². The van der Waals surface area contributed by atoms with Gasteiger partial charge in [0.15, 0.2) is 0 Å². The van der Waals surface area contributed by atoms with Crippen molar-refractivity contribution in [2.45, 2.75) is 6.54 Å². The molecule has 0 N–H and O–H groups in total. The second kappa shape index (κ2) is 5.13. The fraction of sp³-hybridized carbons (Fsp3) is 0.312. The fourth-order valence-electron chi connectivity index (χ4n) is 2.70. The van der Waals surface area contributed by atoms with E-state index in [1.165, 1.54) is 5.56 Å². The predicted molar refractivity (Wildman–Crippen MR) is 79.9 cm³/mol. The van der Waals surface area contributed by atoms with Crippen molar-refractivity contribution in [2.75, 3.05) is 25.0 Å². The summed E-state index contributed by atoms with van der Waals surface area (Å²) >= 11 is 0. The number of anilines is 1. The Morgan fingerprint density at radius 1 is 1.05 bits per heavy atom. The van der Waals surface area contributed by atoms with Crippen molar-refractivity contribution in [1.82, 2.24) is 9.47 Å². The van der Waals surface area contributed by atoms with Gasteiger partial charge in [-0.2, -0.15) is 0 Å². The number of carbonyl (C=O) groups is 1. The number of hydrogen-bond donors (Lipinski definition) is 0. The molecular weight excluding hydrogens is 250 g/mol. The zero-order chi connectivity index (χ0) is 14.1. The van der Waals surface area contributed by atoms with Gasteiger partial charge in [0.2, 0.25) is 0 Å². The molecule has 3 rings (SSSR count). The van der Waals surface area contributed by atoms with E-state index >= 15 is 0 Å². The Hall–Kier alpha value is -2.07. The van der Waals surface area contributed by atoms with Crippen LogP contribution in [0.5, 0.6) is 0 Å². The first-order chi connectivity index (χ1) is 9.66. The van der Waals surface area contributed by atoms with E-state index in [1.807, 2.05) is 53.0 Å². The maximum absolute atomic E-state index is 12.8. The van der Waals surface area contributed by atoms with Crippen molar-refractivity contribution < 1.29 is 4.79 Å². The van der Waals surface area contributed by atoms with Crippen LogP contribution in [0.4, 0.5) is 5.69 Å². The van der Waals surface area contributed by atoms with Crippen molar-refractivity contribution in [3.63, 3.8) is 0 Å². The van der Waals surface area contributed by atoms with Crippen molar-refractivity contribution in [2.24, 2.45) is 7.05 Å². The van der Waals surface area contributed by atoms with Crippen LogP contribution in [-0.2, 0) is 13.6 Å². The summed E-state index contributed by atoms with van der Waals surface area (Å²) in [5.74, 6) is 0.0697. The van der Waals surface area contributed by atoms with Crippen LogP contribution in [0.15, 0.2) is 42.6 Å². The summed E-state index contributed by atoms with van der Waals surface area (Å²) in [7, 11) is 4.00. The molecule has 20 heavy (non-hydrogen) atoms. The van der Waals surface area contributed by atoms with Gasteiger partial charge in [-0.25, -0.2) is 0 Å². The van der Waals surface area contributed by atoms with E-state index in [1.54, 1.807) is 0 Å². The molecule has 0 aliphatic carbocycles. The normalized spacial score (nSPS) is 15.8. The van der Waals surface area contributed by atoms with Crippen LogP contribution < -0.4 is 4.90 Å². The molecule has 0 atom stereocenters. The van der Waals surface area contributed by atoms with Gasteiger partial charge in [-0.1, -0.05) is 18.2 Å². The molecule has 1 aliphatic rings. The molecule has 1 aromatic carbocycles. The minimum atomic E-state index is 0.0697. The molecule has 0 bridgehead atoms. The van der Waals surface area contributed by atoms with E-state index in [-0.39, 0.29) is 5.91 Å². The van der Waals surface area contributed by atoms with Crippen LogP contribution in [-0.4, -0.2) is 35.5 Å². The Morgan fingerprint density at radius 2 is 1.85 bits per heavy atom. The average molecular weight is 269 g/mol. The maximum atomic E-state index is 12.8. The van der Waals surface area contributed by atoms with Gasteiger partial charge in [0.05, 0.1) is 0 Å². The molecule has 2 heterocycles. The second-order valence-electron chi connectivity index (χ2n) is 5.33. The van der Waals surface area contributed by atoms with Crippen LogP contribution in [0.2, 0.25) is 0 Å². The molecule has 2 aromatic rings. The molecule has 0 saturated carbocycles. The molecule has 0 saturated heterocycles. The molecular formula is C16H19N3O. The lowest BCUT2D eigenvalue weighted by atomic mass is 10.1. The van der Waals surface area contributed by atoms with Crippen molar-refractivity contribution in [3.8, 4) is 0 Å². The first-order valence-electron chi connectivity index (χ1n) is 6.86. The minimum absolute atomic E-state index is 0.0697. The number of para-hydroxylation sites is 1.